The lowest BCUT2D eigenvalue weighted by atomic mass is 9.75. The summed E-state index contributed by atoms with van der Waals surface area (Å²) in [6, 6.07) is 8.82. The van der Waals surface area contributed by atoms with E-state index in [-0.39, 0.29) is 23.3 Å². The number of aromatic nitrogens is 2. The van der Waals surface area contributed by atoms with Gasteiger partial charge < -0.3 is 19.7 Å². The molecule has 3 aromatic rings. The molecule has 154 valence electrons. The zero-order valence-electron chi connectivity index (χ0n) is 16.4. The van der Waals surface area contributed by atoms with Gasteiger partial charge in [-0.3, -0.25) is 4.79 Å². The Balaban J connectivity index is 1.95. The Bertz CT molecular complexity index is 1130. The fourth-order valence-corrected chi connectivity index (χ4v) is 3.79. The summed E-state index contributed by atoms with van der Waals surface area (Å²) >= 11 is 0. The van der Waals surface area contributed by atoms with Gasteiger partial charge in [0.15, 0.2) is 5.60 Å². The summed E-state index contributed by atoms with van der Waals surface area (Å²) in [5.74, 6) is -1.46. The molecule has 1 aromatic heterocycles. The van der Waals surface area contributed by atoms with E-state index in [0.29, 0.717) is 11.5 Å². The maximum atomic E-state index is 13.7. The number of rotatable bonds is 4. The molecule has 2 heterocycles. The zero-order valence-corrected chi connectivity index (χ0v) is 16.4. The molecule has 0 fully saturated rings. The number of nitrogens with one attached hydrogen (secondary N) is 1. The number of nitrogens with zero attached hydrogens (tertiary/aromatic N) is 2. The van der Waals surface area contributed by atoms with Gasteiger partial charge >= 0.3 is 5.97 Å². The molecule has 2 atom stereocenters. The zero-order chi connectivity index (χ0) is 21.5. The number of halogens is 1. The summed E-state index contributed by atoms with van der Waals surface area (Å²) in [5.41, 5.74) is -1.51. The molecule has 0 bridgehead atoms. The maximum absolute atomic E-state index is 13.7. The van der Waals surface area contributed by atoms with Crippen LogP contribution in [0.15, 0.2) is 54.9 Å². The highest BCUT2D eigenvalue weighted by atomic mass is 19.1. The predicted molar refractivity (Wildman–Crippen MR) is 107 cm³/mol. The van der Waals surface area contributed by atoms with Crippen LogP contribution in [0.4, 0.5) is 10.1 Å². The van der Waals surface area contributed by atoms with Gasteiger partial charge in [0.1, 0.15) is 17.7 Å². The van der Waals surface area contributed by atoms with Gasteiger partial charge in [-0.05, 0) is 36.8 Å². The Hall–Kier alpha value is -3.52. The Morgan fingerprint density at radius 2 is 2.03 bits per heavy atom. The van der Waals surface area contributed by atoms with E-state index in [1.165, 1.54) is 30.3 Å². The molecule has 0 saturated carbocycles. The second-order valence-electron chi connectivity index (χ2n) is 7.02. The van der Waals surface area contributed by atoms with Crippen LogP contribution in [0.5, 0.6) is 0 Å². The van der Waals surface area contributed by atoms with Crippen LogP contribution in [0.1, 0.15) is 45.1 Å². The lowest BCUT2D eigenvalue weighted by molar-refractivity contribution is 0.0142. The van der Waals surface area contributed by atoms with Crippen LogP contribution in [0.25, 0.3) is 0 Å². The molecule has 2 aromatic carbocycles. The summed E-state index contributed by atoms with van der Waals surface area (Å²) < 4.78 is 20.3. The number of anilines is 1. The number of aryl methyl sites for hydroxylation is 1. The molecule has 8 heteroatoms. The van der Waals surface area contributed by atoms with E-state index in [4.69, 9.17) is 4.74 Å². The first-order valence-corrected chi connectivity index (χ1v) is 9.45. The number of ether oxygens (including phenoxy) is 1. The smallest absolute Gasteiger partial charge is 0.338 e. The molecule has 2 unspecified atom stereocenters. The summed E-state index contributed by atoms with van der Waals surface area (Å²) in [6.07, 6.45) is 3.24. The molecule has 0 amide bonds. The van der Waals surface area contributed by atoms with Crippen LogP contribution in [0, 0.1) is 5.82 Å². The number of fused-ring (bicyclic) bond motifs is 1. The van der Waals surface area contributed by atoms with E-state index >= 15 is 0 Å². The van der Waals surface area contributed by atoms with E-state index in [9.17, 15) is 19.1 Å². The number of carbonyl (C=O) groups is 2. The van der Waals surface area contributed by atoms with Gasteiger partial charge in [0, 0.05) is 25.1 Å². The van der Waals surface area contributed by atoms with Crippen molar-refractivity contribution < 1.29 is 23.8 Å². The van der Waals surface area contributed by atoms with Gasteiger partial charge in [-0.2, -0.15) is 0 Å². The van der Waals surface area contributed by atoms with E-state index in [1.54, 1.807) is 43.1 Å². The van der Waals surface area contributed by atoms with E-state index < -0.39 is 29.2 Å². The largest absolute Gasteiger partial charge is 0.462 e. The van der Waals surface area contributed by atoms with Crippen LogP contribution in [0.2, 0.25) is 0 Å². The Kier molecular flexibility index (Phi) is 4.87. The lowest BCUT2D eigenvalue weighted by Crippen LogP contribution is -2.49. The molecule has 30 heavy (non-hydrogen) atoms. The number of carbonyl (C=O) groups excluding carboxylic acids is 2. The van der Waals surface area contributed by atoms with Gasteiger partial charge in [-0.1, -0.05) is 18.2 Å². The van der Waals surface area contributed by atoms with Gasteiger partial charge in [-0.15, -0.1) is 0 Å². The number of hydrogen-bond donors (Lipinski definition) is 2. The van der Waals surface area contributed by atoms with Crippen molar-refractivity contribution in [2.45, 2.75) is 18.6 Å². The fraction of sp³-hybridized carbons (Fsp3) is 0.227. The van der Waals surface area contributed by atoms with E-state index in [0.717, 1.165) is 0 Å². The number of esters is 1. The molecule has 4 rings (SSSR count). The average molecular weight is 409 g/mol. The molecule has 0 spiro atoms. The molecule has 1 aliphatic rings. The molecule has 2 N–H and O–H groups in total. The second kappa shape index (κ2) is 7.38. The minimum Gasteiger partial charge on any atom is -0.462 e. The molecule has 1 aliphatic heterocycles. The minimum absolute atomic E-state index is 0.0215. The Morgan fingerprint density at radius 3 is 2.67 bits per heavy atom. The van der Waals surface area contributed by atoms with Crippen molar-refractivity contribution in [3.05, 3.63) is 83.2 Å². The third-order valence-electron chi connectivity index (χ3n) is 5.25. The minimum atomic E-state index is -2.14. The van der Waals surface area contributed by atoms with Crippen molar-refractivity contribution in [1.29, 1.82) is 0 Å². The van der Waals surface area contributed by atoms with Crippen LogP contribution in [-0.2, 0) is 17.4 Å². The van der Waals surface area contributed by atoms with Crippen LogP contribution >= 0.6 is 0 Å². The van der Waals surface area contributed by atoms with Gasteiger partial charge in [0.2, 0.25) is 5.78 Å². The molecule has 7 nitrogen and oxygen atoms in total. The Morgan fingerprint density at radius 1 is 1.30 bits per heavy atom. The number of hydrogen-bond acceptors (Lipinski definition) is 6. The molecule has 0 aliphatic carbocycles. The van der Waals surface area contributed by atoms with Crippen molar-refractivity contribution in [1.82, 2.24) is 9.55 Å². The second-order valence-corrected chi connectivity index (χ2v) is 7.02. The van der Waals surface area contributed by atoms with Gasteiger partial charge in [0.05, 0.1) is 17.7 Å². The summed E-state index contributed by atoms with van der Waals surface area (Å²) in [6.45, 7) is 1.81. The molecule has 0 radical (unpaired) electrons. The van der Waals surface area contributed by atoms with Crippen LogP contribution in [-0.4, -0.2) is 33.0 Å². The number of aliphatic hydroxyl groups is 1. The van der Waals surface area contributed by atoms with Gasteiger partial charge in [0.25, 0.3) is 0 Å². The first-order chi connectivity index (χ1) is 14.4. The first-order valence-electron chi connectivity index (χ1n) is 9.45. The summed E-state index contributed by atoms with van der Waals surface area (Å²) in [5, 5.41) is 15.0. The number of ketones is 1. The first kappa shape index (κ1) is 19.8. The van der Waals surface area contributed by atoms with Gasteiger partial charge in [-0.25, -0.2) is 14.2 Å². The van der Waals surface area contributed by atoms with Crippen molar-refractivity contribution in [3.63, 3.8) is 0 Å². The van der Waals surface area contributed by atoms with Crippen LogP contribution < -0.4 is 5.32 Å². The SMILES string of the molecule is CCOC(=O)c1cccc2c1C(=O)C(O)(c1ccc(F)cc1)C(c1nccn1C)N2. The standard InChI is InChI=1S/C22H20FN3O4/c1-3-30-21(28)15-5-4-6-16-17(15)19(27)22(29,13-7-9-14(23)10-8-13)18(25-16)20-24-11-12-26(20)2/h4-12,18,25,29H,3H2,1-2H3. The molecular formula is C22H20FN3O4. The molecular weight excluding hydrogens is 389 g/mol. The topological polar surface area (TPSA) is 93.5 Å². The fourth-order valence-electron chi connectivity index (χ4n) is 3.79. The monoisotopic (exact) mass is 409 g/mol. The lowest BCUT2D eigenvalue weighted by Gasteiger charge is -2.40. The average Bonchev–Trinajstić information content (AvgIpc) is 3.16. The normalized spacial score (nSPS) is 20.4. The summed E-state index contributed by atoms with van der Waals surface area (Å²) in [4.78, 5) is 30.5. The van der Waals surface area contributed by atoms with E-state index in [1.807, 2.05) is 0 Å². The van der Waals surface area contributed by atoms with Crippen molar-refractivity contribution in [3.8, 4) is 0 Å². The summed E-state index contributed by atoms with van der Waals surface area (Å²) in [7, 11) is 1.74. The maximum Gasteiger partial charge on any atom is 0.338 e. The number of benzene rings is 2. The highest BCUT2D eigenvalue weighted by Crippen LogP contribution is 2.46. The third-order valence-corrected chi connectivity index (χ3v) is 5.25. The third kappa shape index (κ3) is 2.96. The highest BCUT2D eigenvalue weighted by Gasteiger charge is 2.53. The molecule has 0 saturated heterocycles. The highest BCUT2D eigenvalue weighted by molar-refractivity contribution is 6.15. The van der Waals surface area contributed by atoms with Crippen molar-refractivity contribution in [2.24, 2.45) is 7.05 Å². The number of imidazole rings is 1. The number of Topliss-reactive ketones (excluding diaryl/α,β-unsaturated/α-hetero) is 1. The van der Waals surface area contributed by atoms with Crippen molar-refractivity contribution in [2.75, 3.05) is 11.9 Å². The van der Waals surface area contributed by atoms with Crippen LogP contribution in [0.3, 0.4) is 0 Å². The Labute approximate surface area is 172 Å². The quantitative estimate of drug-likeness (QED) is 0.644. The van der Waals surface area contributed by atoms with Crippen molar-refractivity contribution >= 4 is 17.4 Å². The van der Waals surface area contributed by atoms with E-state index in [2.05, 4.69) is 10.3 Å². The predicted octanol–water partition coefficient (Wildman–Crippen LogP) is 2.97.